The summed E-state index contributed by atoms with van der Waals surface area (Å²) in [4.78, 5) is 14.2. The van der Waals surface area contributed by atoms with Crippen LogP contribution in [0.3, 0.4) is 0 Å². The van der Waals surface area contributed by atoms with Crippen molar-refractivity contribution in [3.8, 4) is 0 Å². The van der Waals surface area contributed by atoms with E-state index in [1.54, 1.807) is 0 Å². The van der Waals surface area contributed by atoms with Crippen LogP contribution in [0, 0.1) is 5.92 Å². The Labute approximate surface area is 190 Å². The molecule has 1 unspecified atom stereocenters. The lowest BCUT2D eigenvalue weighted by Crippen LogP contribution is -2.49. The number of hydrogen-bond donors (Lipinski definition) is 1. The summed E-state index contributed by atoms with van der Waals surface area (Å²) in [7, 11) is 0. The van der Waals surface area contributed by atoms with Crippen molar-refractivity contribution in [1.82, 2.24) is 15.2 Å². The second-order valence-electron chi connectivity index (χ2n) is 7.39. The highest BCUT2D eigenvalue weighted by molar-refractivity contribution is 14.0. The van der Waals surface area contributed by atoms with Gasteiger partial charge in [0.25, 0.3) is 0 Å². The van der Waals surface area contributed by atoms with Gasteiger partial charge in [0.15, 0.2) is 5.96 Å². The van der Waals surface area contributed by atoms with E-state index in [4.69, 9.17) is 9.73 Å². The molecule has 1 aromatic heterocycles. The summed E-state index contributed by atoms with van der Waals surface area (Å²) in [5, 5.41) is 4.15. The first kappa shape index (κ1) is 23.5. The lowest BCUT2D eigenvalue weighted by Gasteiger charge is -2.36. The molecule has 3 heterocycles. The molecule has 0 amide bonds. The van der Waals surface area contributed by atoms with Crippen LogP contribution in [0.2, 0.25) is 0 Å². The predicted molar refractivity (Wildman–Crippen MR) is 130 cm³/mol. The molecule has 0 aliphatic carbocycles. The number of hydrogen-bond acceptors (Lipinski definition) is 5. The van der Waals surface area contributed by atoms with Gasteiger partial charge in [-0.2, -0.15) is 11.8 Å². The second-order valence-corrected chi connectivity index (χ2v) is 8.74. The third kappa shape index (κ3) is 6.66. The van der Waals surface area contributed by atoms with Crippen LogP contribution in [0.1, 0.15) is 26.3 Å². The standard InChI is InChI=1S/C20H33N5OS.HI/c1-4-21-20(25-9-12-27-18(15-25)16(2)3)23-14-17-5-6-19(22-13-17)24-7-10-26-11-8-24;/h5-6,13,16,18H,4,7-12,14-15H2,1-3H3,(H,21,23);1H. The van der Waals surface area contributed by atoms with Crippen molar-refractivity contribution in [2.24, 2.45) is 10.9 Å². The average molecular weight is 519 g/mol. The number of aliphatic imine (C=N–C) groups is 1. The molecule has 0 radical (unpaired) electrons. The molecular weight excluding hydrogens is 485 g/mol. The van der Waals surface area contributed by atoms with E-state index >= 15 is 0 Å². The predicted octanol–water partition coefficient (Wildman–Crippen LogP) is 3.08. The number of nitrogens with one attached hydrogen (secondary N) is 1. The third-order valence-corrected chi connectivity index (χ3v) is 6.57. The Morgan fingerprint density at radius 2 is 2.11 bits per heavy atom. The number of guanidine groups is 1. The van der Waals surface area contributed by atoms with Crippen molar-refractivity contribution in [3.63, 3.8) is 0 Å². The number of morpholine rings is 1. The van der Waals surface area contributed by atoms with Gasteiger partial charge < -0.3 is 19.9 Å². The summed E-state index contributed by atoms with van der Waals surface area (Å²) in [6, 6.07) is 4.25. The Hall–Kier alpha value is -0.740. The first-order valence-corrected chi connectivity index (χ1v) is 11.1. The maximum atomic E-state index is 5.41. The van der Waals surface area contributed by atoms with E-state index in [-0.39, 0.29) is 24.0 Å². The van der Waals surface area contributed by atoms with Crippen LogP contribution in [0.5, 0.6) is 0 Å². The average Bonchev–Trinajstić information content (AvgIpc) is 2.72. The summed E-state index contributed by atoms with van der Waals surface area (Å²) in [5.74, 6) is 3.92. The number of rotatable bonds is 5. The van der Waals surface area contributed by atoms with Gasteiger partial charge in [-0.1, -0.05) is 19.9 Å². The van der Waals surface area contributed by atoms with Gasteiger partial charge in [0, 0.05) is 49.9 Å². The quantitative estimate of drug-likeness (QED) is 0.367. The van der Waals surface area contributed by atoms with Crippen LogP contribution < -0.4 is 10.2 Å². The molecule has 2 aliphatic rings. The summed E-state index contributed by atoms with van der Waals surface area (Å²) < 4.78 is 5.41. The first-order chi connectivity index (χ1) is 13.2. The minimum absolute atomic E-state index is 0. The zero-order valence-corrected chi connectivity index (χ0v) is 20.4. The Morgan fingerprint density at radius 1 is 1.32 bits per heavy atom. The van der Waals surface area contributed by atoms with Crippen LogP contribution in [0.15, 0.2) is 23.3 Å². The number of pyridine rings is 1. The van der Waals surface area contributed by atoms with E-state index in [0.29, 0.717) is 17.7 Å². The number of anilines is 1. The van der Waals surface area contributed by atoms with Crippen LogP contribution in [0.25, 0.3) is 0 Å². The van der Waals surface area contributed by atoms with Crippen LogP contribution in [0.4, 0.5) is 5.82 Å². The van der Waals surface area contributed by atoms with Gasteiger partial charge in [-0.05, 0) is 24.5 Å². The number of ether oxygens (including phenoxy) is 1. The monoisotopic (exact) mass is 519 g/mol. The highest BCUT2D eigenvalue weighted by Gasteiger charge is 2.24. The van der Waals surface area contributed by atoms with E-state index in [1.165, 1.54) is 5.75 Å². The zero-order valence-electron chi connectivity index (χ0n) is 17.3. The molecule has 2 aliphatic heterocycles. The molecule has 0 saturated carbocycles. The SMILES string of the molecule is CCNC(=NCc1ccc(N2CCOCC2)nc1)N1CCSC(C(C)C)C1.I. The number of aromatic nitrogens is 1. The molecule has 0 spiro atoms. The van der Waals surface area contributed by atoms with Crippen molar-refractivity contribution in [2.45, 2.75) is 32.6 Å². The molecule has 8 heteroatoms. The Morgan fingerprint density at radius 3 is 2.75 bits per heavy atom. The molecule has 0 aromatic carbocycles. The highest BCUT2D eigenvalue weighted by Crippen LogP contribution is 2.25. The normalized spacial score (nSPS) is 20.9. The van der Waals surface area contributed by atoms with Crippen LogP contribution >= 0.6 is 35.7 Å². The van der Waals surface area contributed by atoms with Crippen molar-refractivity contribution in [2.75, 3.05) is 56.6 Å². The zero-order chi connectivity index (χ0) is 19.1. The first-order valence-electron chi connectivity index (χ1n) is 10.1. The number of thioether (sulfide) groups is 1. The minimum atomic E-state index is 0. The third-order valence-electron chi connectivity index (χ3n) is 5.03. The largest absolute Gasteiger partial charge is 0.378 e. The molecule has 2 saturated heterocycles. The summed E-state index contributed by atoms with van der Waals surface area (Å²) in [5.41, 5.74) is 1.15. The molecular formula is C20H34IN5OS. The van der Waals surface area contributed by atoms with E-state index < -0.39 is 0 Å². The fraction of sp³-hybridized carbons (Fsp3) is 0.700. The number of nitrogens with zero attached hydrogens (tertiary/aromatic N) is 4. The molecule has 28 heavy (non-hydrogen) atoms. The molecule has 158 valence electrons. The van der Waals surface area contributed by atoms with Gasteiger partial charge in [0.2, 0.25) is 0 Å². The lowest BCUT2D eigenvalue weighted by atomic mass is 10.1. The molecule has 2 fully saturated rings. The van der Waals surface area contributed by atoms with E-state index in [0.717, 1.165) is 63.3 Å². The van der Waals surface area contributed by atoms with Crippen molar-refractivity contribution in [1.29, 1.82) is 0 Å². The molecule has 1 atom stereocenters. The molecule has 1 aromatic rings. The van der Waals surface area contributed by atoms with Crippen molar-refractivity contribution in [3.05, 3.63) is 23.9 Å². The summed E-state index contributed by atoms with van der Waals surface area (Å²) in [6.45, 7) is 13.8. The van der Waals surface area contributed by atoms with Crippen molar-refractivity contribution < 1.29 is 4.74 Å². The Balaban J connectivity index is 0.00000280. The fourth-order valence-electron chi connectivity index (χ4n) is 3.35. The van der Waals surface area contributed by atoms with Gasteiger partial charge in [-0.15, -0.1) is 24.0 Å². The number of halogens is 1. The smallest absolute Gasteiger partial charge is 0.194 e. The van der Waals surface area contributed by atoms with E-state index in [2.05, 4.69) is 64.8 Å². The molecule has 6 nitrogen and oxygen atoms in total. The summed E-state index contributed by atoms with van der Waals surface area (Å²) >= 11 is 2.09. The lowest BCUT2D eigenvalue weighted by molar-refractivity contribution is 0.122. The van der Waals surface area contributed by atoms with Gasteiger partial charge in [0.1, 0.15) is 5.82 Å². The van der Waals surface area contributed by atoms with Gasteiger partial charge in [0.05, 0.1) is 19.8 Å². The topological polar surface area (TPSA) is 53.0 Å². The molecule has 0 bridgehead atoms. The molecule has 3 rings (SSSR count). The maximum Gasteiger partial charge on any atom is 0.194 e. The molecule has 1 N–H and O–H groups in total. The Kier molecular flexibility index (Phi) is 10.1. The van der Waals surface area contributed by atoms with E-state index in [1.807, 2.05) is 6.20 Å². The Bertz CT molecular complexity index is 607. The van der Waals surface area contributed by atoms with Gasteiger partial charge in [-0.25, -0.2) is 9.98 Å². The van der Waals surface area contributed by atoms with Crippen molar-refractivity contribution >= 4 is 47.5 Å². The second kappa shape index (κ2) is 12.1. The summed E-state index contributed by atoms with van der Waals surface area (Å²) in [6.07, 6.45) is 1.96. The maximum absolute atomic E-state index is 5.41. The van der Waals surface area contributed by atoms with Gasteiger partial charge in [-0.3, -0.25) is 0 Å². The fourth-order valence-corrected chi connectivity index (χ4v) is 4.65. The van der Waals surface area contributed by atoms with Crippen LogP contribution in [-0.4, -0.2) is 72.8 Å². The highest BCUT2D eigenvalue weighted by atomic mass is 127. The van der Waals surface area contributed by atoms with Crippen LogP contribution in [-0.2, 0) is 11.3 Å². The van der Waals surface area contributed by atoms with E-state index in [9.17, 15) is 0 Å². The van der Waals surface area contributed by atoms with Gasteiger partial charge >= 0.3 is 0 Å². The minimum Gasteiger partial charge on any atom is -0.378 e.